The summed E-state index contributed by atoms with van der Waals surface area (Å²) in [4.78, 5) is 0. The molecule has 3 heteroatoms. The molecule has 4 rings (SSSR count). The molecule has 2 aliphatic rings. The molecular weight excluding hydrogens is 284 g/mol. The van der Waals surface area contributed by atoms with Crippen LogP contribution in [0.4, 0.5) is 0 Å². The molecule has 1 aromatic heterocycles. The second kappa shape index (κ2) is 6.60. The number of aromatic nitrogens is 2. The van der Waals surface area contributed by atoms with E-state index in [2.05, 4.69) is 47.3 Å². The van der Waals surface area contributed by atoms with Gasteiger partial charge >= 0.3 is 0 Å². The fraction of sp³-hybridized carbons (Fsp3) is 0.450. The lowest BCUT2D eigenvalue weighted by Crippen LogP contribution is -2.24. The molecule has 0 bridgehead atoms. The molecule has 3 nitrogen and oxygen atoms in total. The van der Waals surface area contributed by atoms with E-state index in [0.29, 0.717) is 12.0 Å². The van der Waals surface area contributed by atoms with E-state index in [1.807, 2.05) is 10.9 Å². The van der Waals surface area contributed by atoms with Gasteiger partial charge in [-0.2, -0.15) is 5.10 Å². The van der Waals surface area contributed by atoms with Crippen LogP contribution in [0.25, 0.3) is 11.3 Å². The Labute approximate surface area is 137 Å². The summed E-state index contributed by atoms with van der Waals surface area (Å²) < 4.78 is 7.79. The number of rotatable bonds is 3. The monoisotopic (exact) mass is 306 g/mol. The van der Waals surface area contributed by atoms with E-state index >= 15 is 0 Å². The van der Waals surface area contributed by atoms with Gasteiger partial charge in [-0.1, -0.05) is 24.0 Å². The average molecular weight is 306 g/mol. The van der Waals surface area contributed by atoms with Gasteiger partial charge in [0.25, 0.3) is 0 Å². The summed E-state index contributed by atoms with van der Waals surface area (Å²) in [6.07, 6.45) is 8.51. The first-order chi connectivity index (χ1) is 11.4. The SMILES string of the molecule is C(#CC1CC1)c1ccc(-c2ccn(C[C@H]3CCCCO3)n2)cc1. The van der Waals surface area contributed by atoms with Crippen LogP contribution in [0, 0.1) is 17.8 Å². The van der Waals surface area contributed by atoms with Crippen molar-refractivity contribution in [2.45, 2.75) is 44.8 Å². The molecular formula is C20H22N2O. The minimum Gasteiger partial charge on any atom is -0.376 e. The van der Waals surface area contributed by atoms with Crippen LogP contribution in [0.5, 0.6) is 0 Å². The summed E-state index contributed by atoms with van der Waals surface area (Å²) >= 11 is 0. The van der Waals surface area contributed by atoms with Crippen molar-refractivity contribution < 1.29 is 4.74 Å². The van der Waals surface area contributed by atoms with E-state index in [-0.39, 0.29) is 0 Å². The summed E-state index contributed by atoms with van der Waals surface area (Å²) in [5, 5.41) is 4.69. The number of hydrogen-bond donors (Lipinski definition) is 0. The Morgan fingerprint density at radius 3 is 2.70 bits per heavy atom. The van der Waals surface area contributed by atoms with Gasteiger partial charge in [-0.25, -0.2) is 0 Å². The zero-order valence-electron chi connectivity index (χ0n) is 13.4. The van der Waals surface area contributed by atoms with E-state index in [9.17, 15) is 0 Å². The Morgan fingerprint density at radius 2 is 1.96 bits per heavy atom. The first-order valence-electron chi connectivity index (χ1n) is 8.64. The molecule has 1 saturated carbocycles. The minimum absolute atomic E-state index is 0.316. The largest absolute Gasteiger partial charge is 0.376 e. The molecule has 1 aliphatic carbocycles. The Balaban J connectivity index is 1.42. The zero-order valence-corrected chi connectivity index (χ0v) is 13.4. The van der Waals surface area contributed by atoms with Crippen molar-refractivity contribution >= 4 is 0 Å². The third kappa shape index (κ3) is 3.83. The Hall–Kier alpha value is -2.05. The lowest BCUT2D eigenvalue weighted by atomic mass is 10.1. The molecule has 2 fully saturated rings. The predicted molar refractivity (Wildman–Crippen MR) is 90.9 cm³/mol. The van der Waals surface area contributed by atoms with Gasteiger partial charge in [-0.3, -0.25) is 4.68 Å². The molecule has 0 N–H and O–H groups in total. The molecule has 1 saturated heterocycles. The highest BCUT2D eigenvalue weighted by molar-refractivity contribution is 5.60. The Morgan fingerprint density at radius 1 is 1.09 bits per heavy atom. The number of hydrogen-bond acceptors (Lipinski definition) is 2. The van der Waals surface area contributed by atoms with E-state index in [4.69, 9.17) is 4.74 Å². The van der Waals surface area contributed by atoms with Crippen LogP contribution in [0.15, 0.2) is 36.5 Å². The molecule has 0 spiro atoms. The molecule has 2 aromatic rings. The standard InChI is InChI=1S/C20H22N2O/c1-2-14-23-19(3-1)15-22-13-12-20(21-22)18-10-8-17(9-11-18)7-6-16-4-5-16/h8-13,16,19H,1-5,14-15H2/t19-/m1/s1. The van der Waals surface area contributed by atoms with Gasteiger partial charge in [0, 0.05) is 29.8 Å². The van der Waals surface area contributed by atoms with Crippen molar-refractivity contribution in [3.05, 3.63) is 42.1 Å². The van der Waals surface area contributed by atoms with Gasteiger partial charge in [-0.15, -0.1) is 0 Å². The summed E-state index contributed by atoms with van der Waals surface area (Å²) in [5.74, 6) is 7.20. The number of benzene rings is 1. The molecule has 0 unspecified atom stereocenters. The summed E-state index contributed by atoms with van der Waals surface area (Å²) in [5.41, 5.74) is 3.25. The average Bonchev–Trinajstić information content (AvgIpc) is 3.32. The lowest BCUT2D eigenvalue weighted by molar-refractivity contribution is 0.00403. The number of ether oxygens (including phenoxy) is 1. The maximum absolute atomic E-state index is 5.79. The van der Waals surface area contributed by atoms with Crippen molar-refractivity contribution in [1.29, 1.82) is 0 Å². The summed E-state index contributed by atoms with van der Waals surface area (Å²) in [6, 6.07) is 10.5. The van der Waals surface area contributed by atoms with Gasteiger partial charge in [0.2, 0.25) is 0 Å². The maximum atomic E-state index is 5.79. The molecule has 0 radical (unpaired) electrons. The zero-order chi connectivity index (χ0) is 15.5. The van der Waals surface area contributed by atoms with E-state index < -0.39 is 0 Å². The smallest absolute Gasteiger partial charge is 0.0923 e. The quantitative estimate of drug-likeness (QED) is 0.805. The van der Waals surface area contributed by atoms with Crippen LogP contribution in [0.1, 0.15) is 37.7 Å². The normalized spacial score (nSPS) is 20.8. The molecule has 0 amide bonds. The Bertz CT molecular complexity index is 710. The molecule has 1 atom stereocenters. The second-order valence-electron chi connectivity index (χ2n) is 6.53. The van der Waals surface area contributed by atoms with Crippen LogP contribution in [0.3, 0.4) is 0 Å². The topological polar surface area (TPSA) is 27.1 Å². The molecule has 23 heavy (non-hydrogen) atoms. The van der Waals surface area contributed by atoms with E-state index in [1.54, 1.807) is 0 Å². The van der Waals surface area contributed by atoms with Crippen LogP contribution in [0.2, 0.25) is 0 Å². The van der Waals surface area contributed by atoms with Crippen LogP contribution in [-0.2, 0) is 11.3 Å². The molecule has 1 aliphatic heterocycles. The van der Waals surface area contributed by atoms with Crippen LogP contribution >= 0.6 is 0 Å². The second-order valence-corrected chi connectivity index (χ2v) is 6.53. The Kier molecular flexibility index (Phi) is 4.17. The van der Waals surface area contributed by atoms with Gasteiger partial charge in [0.05, 0.1) is 18.3 Å². The fourth-order valence-corrected chi connectivity index (χ4v) is 2.91. The summed E-state index contributed by atoms with van der Waals surface area (Å²) in [6.45, 7) is 1.74. The maximum Gasteiger partial charge on any atom is 0.0923 e. The van der Waals surface area contributed by atoms with E-state index in [0.717, 1.165) is 36.4 Å². The van der Waals surface area contributed by atoms with Crippen LogP contribution in [-0.4, -0.2) is 22.5 Å². The highest BCUT2D eigenvalue weighted by Gasteiger charge is 2.17. The third-order valence-corrected chi connectivity index (χ3v) is 4.48. The van der Waals surface area contributed by atoms with E-state index in [1.165, 1.54) is 25.7 Å². The highest BCUT2D eigenvalue weighted by atomic mass is 16.5. The number of nitrogens with zero attached hydrogens (tertiary/aromatic N) is 2. The minimum atomic E-state index is 0.316. The van der Waals surface area contributed by atoms with Crippen molar-refractivity contribution in [1.82, 2.24) is 9.78 Å². The van der Waals surface area contributed by atoms with Crippen LogP contribution < -0.4 is 0 Å². The van der Waals surface area contributed by atoms with Gasteiger partial charge < -0.3 is 4.74 Å². The lowest BCUT2D eigenvalue weighted by Gasteiger charge is -2.22. The van der Waals surface area contributed by atoms with Gasteiger partial charge in [0.15, 0.2) is 0 Å². The highest BCUT2D eigenvalue weighted by Crippen LogP contribution is 2.27. The van der Waals surface area contributed by atoms with Gasteiger partial charge in [-0.05, 0) is 50.3 Å². The van der Waals surface area contributed by atoms with Crippen molar-refractivity contribution in [2.75, 3.05) is 6.61 Å². The first kappa shape index (κ1) is 14.5. The fourth-order valence-electron chi connectivity index (χ4n) is 2.91. The first-order valence-corrected chi connectivity index (χ1v) is 8.64. The van der Waals surface area contributed by atoms with Crippen molar-refractivity contribution in [3.8, 4) is 23.1 Å². The molecule has 1 aromatic carbocycles. The summed E-state index contributed by atoms with van der Waals surface area (Å²) in [7, 11) is 0. The van der Waals surface area contributed by atoms with Crippen molar-refractivity contribution in [2.24, 2.45) is 5.92 Å². The van der Waals surface area contributed by atoms with Gasteiger partial charge in [0.1, 0.15) is 0 Å². The predicted octanol–water partition coefficient (Wildman–Crippen LogP) is 3.88. The van der Waals surface area contributed by atoms with Crippen molar-refractivity contribution in [3.63, 3.8) is 0 Å². The third-order valence-electron chi connectivity index (χ3n) is 4.48. The molecule has 2 heterocycles. The molecule has 118 valence electrons.